The monoisotopic (exact) mass is 243 g/mol. The van der Waals surface area contributed by atoms with Crippen molar-refractivity contribution >= 4 is 5.78 Å². The van der Waals surface area contributed by atoms with E-state index in [-0.39, 0.29) is 5.78 Å². The number of alkyl halides is 3. The fourth-order valence-electron chi connectivity index (χ4n) is 1.56. The summed E-state index contributed by atoms with van der Waals surface area (Å²) in [6.45, 7) is 2.71. The summed E-state index contributed by atoms with van der Waals surface area (Å²) < 4.78 is 38.9. The number of hydrogen-bond donors (Lipinski definition) is 0. The molecule has 17 heavy (non-hydrogen) atoms. The Morgan fingerprint density at radius 2 is 1.94 bits per heavy atom. The Kier molecular flexibility index (Phi) is 2.41. The van der Waals surface area contributed by atoms with Crippen molar-refractivity contribution in [3.05, 3.63) is 39.6 Å². The molecule has 7 heteroatoms. The molecular formula is C10H8F3N3O. The largest absolute Gasteiger partial charge is 0.433 e. The predicted molar refractivity (Wildman–Crippen MR) is 53.7 cm³/mol. The van der Waals surface area contributed by atoms with Crippen LogP contribution >= 0.6 is 0 Å². The number of nitrogens with zero attached hydrogens (tertiary/aromatic N) is 3. The van der Waals surface area contributed by atoms with Crippen LogP contribution in [0.2, 0.25) is 0 Å². The van der Waals surface area contributed by atoms with E-state index in [2.05, 4.69) is 9.97 Å². The van der Waals surface area contributed by atoms with Crippen molar-refractivity contribution in [2.45, 2.75) is 20.0 Å². The molecule has 0 radical (unpaired) electrons. The third-order valence-electron chi connectivity index (χ3n) is 2.42. The van der Waals surface area contributed by atoms with Gasteiger partial charge in [-0.15, -0.1) is 0 Å². The molecule has 0 saturated heterocycles. The van der Waals surface area contributed by atoms with Crippen LogP contribution in [0.15, 0.2) is 17.1 Å². The Morgan fingerprint density at radius 3 is 2.53 bits per heavy atom. The summed E-state index contributed by atoms with van der Waals surface area (Å²) in [6, 6.07) is 1.53. The third kappa shape index (κ3) is 1.77. The standard InChI is InChI=1S/C10H8F3N3O/c1-5-3-4-14-9-15-7(10(11,12)13)6(2)8(17)16(5)9/h3-4H,1-2H3. The van der Waals surface area contributed by atoms with Crippen LogP contribution in [0.25, 0.3) is 5.78 Å². The molecule has 0 N–H and O–H groups in total. The van der Waals surface area contributed by atoms with Gasteiger partial charge in [-0.25, -0.2) is 14.4 Å². The number of aromatic nitrogens is 3. The maximum absolute atomic E-state index is 12.6. The van der Waals surface area contributed by atoms with Crippen LogP contribution in [0.5, 0.6) is 0 Å². The summed E-state index contributed by atoms with van der Waals surface area (Å²) in [7, 11) is 0. The van der Waals surface area contributed by atoms with Crippen LogP contribution in [0, 0.1) is 13.8 Å². The van der Waals surface area contributed by atoms with Crippen molar-refractivity contribution in [1.29, 1.82) is 0 Å². The molecule has 0 spiro atoms. The quantitative estimate of drug-likeness (QED) is 0.707. The molecule has 4 nitrogen and oxygen atoms in total. The molecule has 2 aromatic rings. The van der Waals surface area contributed by atoms with Gasteiger partial charge in [0.05, 0.1) is 0 Å². The van der Waals surface area contributed by atoms with E-state index < -0.39 is 23.0 Å². The number of hydrogen-bond acceptors (Lipinski definition) is 3. The van der Waals surface area contributed by atoms with Crippen molar-refractivity contribution in [2.75, 3.05) is 0 Å². The van der Waals surface area contributed by atoms with E-state index in [4.69, 9.17) is 0 Å². The van der Waals surface area contributed by atoms with Crippen molar-refractivity contribution in [3.8, 4) is 0 Å². The highest BCUT2D eigenvalue weighted by Crippen LogP contribution is 2.28. The lowest BCUT2D eigenvalue weighted by Gasteiger charge is -2.10. The molecule has 0 fully saturated rings. The van der Waals surface area contributed by atoms with Crippen LogP contribution in [0.3, 0.4) is 0 Å². The van der Waals surface area contributed by atoms with E-state index in [0.29, 0.717) is 5.69 Å². The van der Waals surface area contributed by atoms with Crippen LogP contribution in [0.4, 0.5) is 13.2 Å². The molecule has 2 rings (SSSR count). The molecule has 2 aromatic heterocycles. The van der Waals surface area contributed by atoms with Gasteiger partial charge in [0.1, 0.15) is 0 Å². The van der Waals surface area contributed by atoms with Crippen molar-refractivity contribution < 1.29 is 13.2 Å². The first-order chi connectivity index (χ1) is 7.82. The summed E-state index contributed by atoms with van der Waals surface area (Å²) in [5.74, 6) is -0.243. The summed E-state index contributed by atoms with van der Waals surface area (Å²) in [4.78, 5) is 18.9. The Labute approximate surface area is 93.8 Å². The van der Waals surface area contributed by atoms with Crippen molar-refractivity contribution in [3.63, 3.8) is 0 Å². The van der Waals surface area contributed by atoms with Gasteiger partial charge >= 0.3 is 6.18 Å². The molecule has 0 unspecified atom stereocenters. The first-order valence-electron chi connectivity index (χ1n) is 4.74. The molecular weight excluding hydrogens is 235 g/mol. The van der Waals surface area contributed by atoms with E-state index in [1.165, 1.54) is 12.3 Å². The summed E-state index contributed by atoms with van der Waals surface area (Å²) >= 11 is 0. The first kappa shape index (κ1) is 11.6. The lowest BCUT2D eigenvalue weighted by molar-refractivity contribution is -0.141. The highest BCUT2D eigenvalue weighted by atomic mass is 19.4. The fraction of sp³-hybridized carbons (Fsp3) is 0.300. The van der Waals surface area contributed by atoms with Gasteiger partial charge in [0, 0.05) is 17.5 Å². The Hall–Kier alpha value is -1.92. The minimum absolute atomic E-state index is 0.243. The Balaban J connectivity index is 2.95. The summed E-state index contributed by atoms with van der Waals surface area (Å²) in [6.07, 6.45) is -3.34. The van der Waals surface area contributed by atoms with Gasteiger partial charge in [-0.05, 0) is 19.9 Å². The number of fused-ring (bicyclic) bond motifs is 1. The van der Waals surface area contributed by atoms with Crippen LogP contribution in [-0.2, 0) is 6.18 Å². The zero-order valence-electron chi connectivity index (χ0n) is 9.04. The van der Waals surface area contributed by atoms with E-state index in [0.717, 1.165) is 11.3 Å². The summed E-state index contributed by atoms with van der Waals surface area (Å²) in [5, 5.41) is 0. The maximum atomic E-state index is 12.6. The molecule has 0 bridgehead atoms. The zero-order valence-corrected chi connectivity index (χ0v) is 9.04. The van der Waals surface area contributed by atoms with Gasteiger partial charge in [0.2, 0.25) is 5.78 Å². The van der Waals surface area contributed by atoms with Crippen LogP contribution in [0.1, 0.15) is 17.0 Å². The molecule has 0 aliphatic rings. The Bertz CT molecular complexity index is 646. The van der Waals surface area contributed by atoms with Gasteiger partial charge in [-0.3, -0.25) is 4.79 Å². The van der Waals surface area contributed by atoms with E-state index in [1.807, 2.05) is 0 Å². The normalized spacial score (nSPS) is 12.1. The maximum Gasteiger partial charge on any atom is 0.433 e. The van der Waals surface area contributed by atoms with Gasteiger partial charge in [-0.2, -0.15) is 13.2 Å². The SMILES string of the molecule is Cc1c(C(F)(F)F)nc2nccc(C)n2c1=O. The van der Waals surface area contributed by atoms with Crippen LogP contribution < -0.4 is 5.56 Å². The topological polar surface area (TPSA) is 47.3 Å². The molecule has 2 heterocycles. The average Bonchev–Trinajstić information content (AvgIpc) is 2.21. The van der Waals surface area contributed by atoms with Crippen molar-refractivity contribution in [2.24, 2.45) is 0 Å². The molecule has 0 saturated carbocycles. The van der Waals surface area contributed by atoms with Crippen LogP contribution in [-0.4, -0.2) is 14.4 Å². The van der Waals surface area contributed by atoms with E-state index in [9.17, 15) is 18.0 Å². The first-order valence-corrected chi connectivity index (χ1v) is 4.74. The third-order valence-corrected chi connectivity index (χ3v) is 2.42. The summed E-state index contributed by atoms with van der Waals surface area (Å²) in [5.41, 5.74) is -1.86. The smallest absolute Gasteiger partial charge is 0.269 e. The molecule has 0 aliphatic heterocycles. The van der Waals surface area contributed by atoms with Gasteiger partial charge in [0.15, 0.2) is 5.69 Å². The number of halogens is 3. The van der Waals surface area contributed by atoms with E-state index in [1.54, 1.807) is 6.92 Å². The lowest BCUT2D eigenvalue weighted by Crippen LogP contribution is -2.26. The highest BCUT2D eigenvalue weighted by molar-refractivity contribution is 5.35. The van der Waals surface area contributed by atoms with Gasteiger partial charge in [-0.1, -0.05) is 0 Å². The zero-order chi connectivity index (χ0) is 12.8. The van der Waals surface area contributed by atoms with Crippen molar-refractivity contribution in [1.82, 2.24) is 14.4 Å². The molecule has 90 valence electrons. The molecule has 0 atom stereocenters. The minimum atomic E-state index is -4.65. The fourth-order valence-corrected chi connectivity index (χ4v) is 1.56. The minimum Gasteiger partial charge on any atom is -0.269 e. The number of rotatable bonds is 0. The van der Waals surface area contributed by atoms with Gasteiger partial charge < -0.3 is 0 Å². The second-order valence-corrected chi connectivity index (χ2v) is 3.61. The average molecular weight is 243 g/mol. The Morgan fingerprint density at radius 1 is 1.29 bits per heavy atom. The second-order valence-electron chi connectivity index (χ2n) is 3.61. The van der Waals surface area contributed by atoms with E-state index >= 15 is 0 Å². The predicted octanol–water partition coefficient (Wildman–Crippen LogP) is 1.73. The van der Waals surface area contributed by atoms with Gasteiger partial charge in [0.25, 0.3) is 5.56 Å². The number of aryl methyl sites for hydroxylation is 1. The lowest BCUT2D eigenvalue weighted by atomic mass is 10.2. The second kappa shape index (κ2) is 3.54. The molecule has 0 aliphatic carbocycles. The molecule has 0 amide bonds. The molecule has 0 aromatic carbocycles. The highest BCUT2D eigenvalue weighted by Gasteiger charge is 2.36.